The van der Waals surface area contributed by atoms with E-state index in [1.165, 1.54) is 38.1 Å². The molecule has 262 valence electrons. The summed E-state index contributed by atoms with van der Waals surface area (Å²) in [6, 6.07) is 57.6. The minimum Gasteiger partial charge on any atom is -0.309 e. The van der Waals surface area contributed by atoms with Crippen LogP contribution in [0.5, 0.6) is 0 Å². The minimum absolute atomic E-state index is 0.528. The molecule has 0 spiro atoms. The molecule has 0 unspecified atom stereocenters. The van der Waals surface area contributed by atoms with Crippen molar-refractivity contribution in [2.24, 2.45) is 15.0 Å². The van der Waals surface area contributed by atoms with Crippen LogP contribution in [0.1, 0.15) is 47.6 Å². The van der Waals surface area contributed by atoms with Crippen molar-refractivity contribution in [3.63, 3.8) is 0 Å². The first kappa shape index (κ1) is 34.4. The standard InChI is InChI=1S/C50H42N4/c1-4-16-44(38-18-8-5-9-19-38)53-45-32-43-49(31-35(45)2)54(48-30-27-37-17-14-15-24-42(37)50(43)48)41-28-25-36(26-29-41)34-52-47(40-22-12-7-13-23-40)33-46(51-3)39-20-10-6-11-21-39/h5-15,17-33H,3-4,16,34H2,1-2H3/b46-33-,52-47?,53-44?. The van der Waals surface area contributed by atoms with E-state index in [-0.39, 0.29) is 0 Å². The Labute approximate surface area is 317 Å². The Morgan fingerprint density at radius 3 is 1.98 bits per heavy atom. The number of rotatable bonds is 11. The average molecular weight is 699 g/mol. The molecule has 4 nitrogen and oxygen atoms in total. The molecular weight excluding hydrogens is 657 g/mol. The summed E-state index contributed by atoms with van der Waals surface area (Å²) in [4.78, 5) is 14.8. The van der Waals surface area contributed by atoms with Gasteiger partial charge in [-0.15, -0.1) is 0 Å². The largest absolute Gasteiger partial charge is 0.309 e. The molecule has 0 atom stereocenters. The Balaban J connectivity index is 1.22. The van der Waals surface area contributed by atoms with Crippen LogP contribution in [0.4, 0.5) is 5.69 Å². The molecule has 8 rings (SSSR count). The second kappa shape index (κ2) is 15.5. The van der Waals surface area contributed by atoms with Gasteiger partial charge < -0.3 is 4.57 Å². The number of aliphatic imine (C=N–C) groups is 3. The molecule has 0 aliphatic heterocycles. The minimum atomic E-state index is 0.528. The molecular formula is C50H42N4. The zero-order valence-electron chi connectivity index (χ0n) is 30.8. The second-order valence-corrected chi connectivity index (χ2v) is 13.6. The van der Waals surface area contributed by atoms with E-state index in [2.05, 4.69) is 145 Å². The van der Waals surface area contributed by atoms with Crippen LogP contribution in [-0.4, -0.2) is 22.7 Å². The van der Waals surface area contributed by atoms with Gasteiger partial charge in [0.1, 0.15) is 0 Å². The number of allylic oxidation sites excluding steroid dienone is 1. The van der Waals surface area contributed by atoms with Crippen molar-refractivity contribution in [3.8, 4) is 5.69 Å². The van der Waals surface area contributed by atoms with Gasteiger partial charge in [-0.25, -0.2) is 0 Å². The van der Waals surface area contributed by atoms with Gasteiger partial charge >= 0.3 is 0 Å². The molecule has 0 N–H and O–H groups in total. The van der Waals surface area contributed by atoms with Crippen molar-refractivity contribution in [2.75, 3.05) is 0 Å². The molecule has 0 fully saturated rings. The number of aromatic nitrogens is 1. The van der Waals surface area contributed by atoms with Crippen LogP contribution < -0.4 is 0 Å². The van der Waals surface area contributed by atoms with Crippen LogP contribution in [0.15, 0.2) is 185 Å². The van der Waals surface area contributed by atoms with Crippen molar-refractivity contribution in [1.29, 1.82) is 0 Å². The van der Waals surface area contributed by atoms with Crippen LogP contribution in [0.3, 0.4) is 0 Å². The Hall–Kier alpha value is -6.65. The molecule has 0 radical (unpaired) electrons. The van der Waals surface area contributed by atoms with Crippen molar-refractivity contribution in [3.05, 3.63) is 198 Å². The lowest BCUT2D eigenvalue weighted by molar-refractivity contribution is 0.992. The lowest BCUT2D eigenvalue weighted by Crippen LogP contribution is -2.00. The molecule has 0 amide bonds. The predicted molar refractivity (Wildman–Crippen MR) is 231 cm³/mol. The molecule has 4 heteroatoms. The van der Waals surface area contributed by atoms with E-state index in [9.17, 15) is 0 Å². The third kappa shape index (κ3) is 6.94. The summed E-state index contributed by atoms with van der Waals surface area (Å²) in [7, 11) is 0. The van der Waals surface area contributed by atoms with Gasteiger partial charge in [-0.05, 0) is 89.5 Å². The van der Waals surface area contributed by atoms with Gasteiger partial charge in [-0.2, -0.15) is 0 Å². The van der Waals surface area contributed by atoms with Crippen molar-refractivity contribution in [1.82, 2.24) is 4.57 Å². The number of hydrogen-bond acceptors (Lipinski definition) is 3. The lowest BCUT2D eigenvalue weighted by Gasteiger charge is -2.11. The molecule has 8 aromatic rings. The first-order valence-corrected chi connectivity index (χ1v) is 18.6. The third-order valence-electron chi connectivity index (χ3n) is 10.0. The van der Waals surface area contributed by atoms with Gasteiger partial charge in [-0.1, -0.05) is 147 Å². The molecule has 1 heterocycles. The predicted octanol–water partition coefficient (Wildman–Crippen LogP) is 12.9. The number of nitrogens with zero attached hydrogens (tertiary/aromatic N) is 4. The highest BCUT2D eigenvalue weighted by atomic mass is 15.0. The van der Waals surface area contributed by atoms with E-state index in [0.29, 0.717) is 6.54 Å². The van der Waals surface area contributed by atoms with Crippen LogP contribution in [0.25, 0.3) is 44.0 Å². The summed E-state index contributed by atoms with van der Waals surface area (Å²) in [5.41, 5.74) is 12.7. The van der Waals surface area contributed by atoms with Crippen molar-refractivity contribution >= 4 is 62.1 Å². The molecule has 0 aliphatic carbocycles. The average Bonchev–Trinajstić information content (AvgIpc) is 3.55. The molecule has 0 saturated carbocycles. The van der Waals surface area contributed by atoms with Gasteiger partial charge in [0.05, 0.1) is 34.7 Å². The molecule has 54 heavy (non-hydrogen) atoms. The Bertz CT molecular complexity index is 2680. The topological polar surface area (TPSA) is 42.0 Å². The first-order chi connectivity index (χ1) is 26.6. The number of fused-ring (bicyclic) bond motifs is 5. The smallest absolute Gasteiger partial charge is 0.0716 e. The van der Waals surface area contributed by atoms with E-state index in [0.717, 1.165) is 63.6 Å². The fourth-order valence-electron chi connectivity index (χ4n) is 7.32. The highest BCUT2D eigenvalue weighted by Gasteiger charge is 2.17. The summed E-state index contributed by atoms with van der Waals surface area (Å²) >= 11 is 0. The van der Waals surface area contributed by atoms with Gasteiger partial charge in [0, 0.05) is 27.7 Å². The molecule has 0 saturated heterocycles. The van der Waals surface area contributed by atoms with E-state index in [1.807, 2.05) is 54.6 Å². The van der Waals surface area contributed by atoms with E-state index < -0.39 is 0 Å². The molecule has 7 aromatic carbocycles. The Morgan fingerprint density at radius 2 is 1.30 bits per heavy atom. The highest BCUT2D eigenvalue weighted by molar-refractivity contribution is 6.22. The summed E-state index contributed by atoms with van der Waals surface area (Å²) in [6.07, 6.45) is 3.98. The Kier molecular flexibility index (Phi) is 9.90. The highest BCUT2D eigenvalue weighted by Crippen LogP contribution is 2.40. The molecule has 1 aromatic heterocycles. The van der Waals surface area contributed by atoms with E-state index in [1.54, 1.807) is 0 Å². The van der Waals surface area contributed by atoms with E-state index in [4.69, 9.17) is 9.98 Å². The van der Waals surface area contributed by atoms with Crippen LogP contribution in [0, 0.1) is 6.92 Å². The quantitative estimate of drug-likeness (QED) is 0.121. The van der Waals surface area contributed by atoms with E-state index >= 15 is 0 Å². The van der Waals surface area contributed by atoms with Crippen LogP contribution in [0.2, 0.25) is 0 Å². The fraction of sp³-hybridized carbons (Fsp3) is 0.100. The van der Waals surface area contributed by atoms with Crippen molar-refractivity contribution < 1.29 is 0 Å². The van der Waals surface area contributed by atoms with Gasteiger partial charge in [-0.3, -0.25) is 15.0 Å². The Morgan fingerprint density at radius 1 is 0.648 bits per heavy atom. The SMILES string of the molecule is C=N/C(=C\C(=NCc1ccc(-n2c3cc(C)c(N=C(CCC)c4ccccc4)cc3c3c4ccccc4ccc32)cc1)c1ccccc1)c1ccccc1. The maximum absolute atomic E-state index is 5.33. The van der Waals surface area contributed by atoms with Crippen molar-refractivity contribution in [2.45, 2.75) is 33.2 Å². The summed E-state index contributed by atoms with van der Waals surface area (Å²) in [6.45, 7) is 8.78. The molecule has 0 aliphatic rings. The molecule has 0 bridgehead atoms. The second-order valence-electron chi connectivity index (χ2n) is 13.6. The zero-order valence-corrected chi connectivity index (χ0v) is 30.8. The maximum Gasteiger partial charge on any atom is 0.0716 e. The fourth-order valence-corrected chi connectivity index (χ4v) is 7.32. The van der Waals surface area contributed by atoms with Crippen LogP contribution >= 0.6 is 0 Å². The number of hydrogen-bond donors (Lipinski definition) is 0. The lowest BCUT2D eigenvalue weighted by atomic mass is 10.0. The van der Waals surface area contributed by atoms with Crippen LogP contribution in [-0.2, 0) is 6.54 Å². The number of benzene rings is 7. The zero-order chi connectivity index (χ0) is 36.9. The van der Waals surface area contributed by atoms with Gasteiger partial charge in [0.25, 0.3) is 0 Å². The third-order valence-corrected chi connectivity index (χ3v) is 10.0. The normalized spacial score (nSPS) is 12.5. The summed E-state index contributed by atoms with van der Waals surface area (Å²) in [5, 5.41) is 4.91. The first-order valence-electron chi connectivity index (χ1n) is 18.6. The number of aryl methyl sites for hydroxylation is 1. The van der Waals surface area contributed by atoms with Gasteiger partial charge in [0.2, 0.25) is 0 Å². The maximum atomic E-state index is 5.33. The summed E-state index contributed by atoms with van der Waals surface area (Å²) in [5.74, 6) is 0. The van der Waals surface area contributed by atoms with Gasteiger partial charge in [0.15, 0.2) is 0 Å². The monoisotopic (exact) mass is 698 g/mol. The summed E-state index contributed by atoms with van der Waals surface area (Å²) < 4.78 is 2.40.